The van der Waals surface area contributed by atoms with Crippen molar-refractivity contribution >= 4 is 12.4 Å². The summed E-state index contributed by atoms with van der Waals surface area (Å²) in [5.41, 5.74) is 5.83. The second kappa shape index (κ2) is 4.36. The van der Waals surface area contributed by atoms with Gasteiger partial charge in [-0.15, -0.1) is 0 Å². The fourth-order valence-electron chi connectivity index (χ4n) is 2.66. The van der Waals surface area contributed by atoms with Gasteiger partial charge < -0.3 is 5.32 Å². The van der Waals surface area contributed by atoms with Crippen molar-refractivity contribution in [2.45, 2.75) is 32.2 Å². The molecule has 1 N–H and O–H groups in total. The average Bonchev–Trinajstić information content (AvgIpc) is 2.81. The van der Waals surface area contributed by atoms with Crippen molar-refractivity contribution < 1.29 is 0 Å². The van der Waals surface area contributed by atoms with Crippen LogP contribution in [0.4, 0.5) is 0 Å². The first-order valence-corrected chi connectivity index (χ1v) is 6.34. The quantitative estimate of drug-likeness (QED) is 0.824. The molecule has 1 heterocycles. The van der Waals surface area contributed by atoms with Gasteiger partial charge in [-0.3, -0.25) is 4.99 Å². The van der Waals surface area contributed by atoms with Crippen molar-refractivity contribution in [1.29, 1.82) is 0 Å². The van der Waals surface area contributed by atoms with Crippen molar-refractivity contribution in [2.24, 2.45) is 4.99 Å². The summed E-state index contributed by atoms with van der Waals surface area (Å²) in [6.45, 7) is 3.09. The molecule has 0 bridgehead atoms. The van der Waals surface area contributed by atoms with E-state index in [1.807, 2.05) is 6.34 Å². The van der Waals surface area contributed by atoms with Crippen LogP contribution < -0.4 is 5.32 Å². The third-order valence-electron chi connectivity index (χ3n) is 3.61. The average molecular weight is 226 g/mol. The molecule has 0 saturated heterocycles. The van der Waals surface area contributed by atoms with E-state index in [0.717, 1.165) is 13.0 Å². The Hall–Kier alpha value is -1.57. The molecule has 1 aliphatic heterocycles. The molecule has 2 nitrogen and oxygen atoms in total. The highest BCUT2D eigenvalue weighted by Gasteiger charge is 2.16. The Balaban J connectivity index is 1.79. The van der Waals surface area contributed by atoms with Crippen LogP contribution >= 0.6 is 0 Å². The number of hydrogen-bond acceptors (Lipinski definition) is 2. The molecule has 17 heavy (non-hydrogen) atoms. The van der Waals surface area contributed by atoms with Crippen molar-refractivity contribution in [2.75, 3.05) is 6.54 Å². The lowest BCUT2D eigenvalue weighted by molar-refractivity contribution is 0.636. The van der Waals surface area contributed by atoms with E-state index in [9.17, 15) is 0 Å². The van der Waals surface area contributed by atoms with Crippen LogP contribution in [-0.4, -0.2) is 18.9 Å². The smallest absolute Gasteiger partial charge is 0.0827 e. The Kier molecular flexibility index (Phi) is 2.71. The second-order valence-electron chi connectivity index (χ2n) is 5.07. The number of benzene rings is 1. The molecule has 1 atom stereocenters. The monoisotopic (exact) mass is 226 g/mol. The molecule has 0 saturated carbocycles. The first-order chi connectivity index (χ1) is 8.31. The summed E-state index contributed by atoms with van der Waals surface area (Å²) >= 11 is 0. The number of aryl methyl sites for hydroxylation is 2. The second-order valence-corrected chi connectivity index (χ2v) is 5.07. The van der Waals surface area contributed by atoms with Gasteiger partial charge in [-0.2, -0.15) is 0 Å². The molecule has 1 aromatic carbocycles. The number of nitrogens with one attached hydrogen (secondary N) is 1. The standard InChI is InChI=1S/C15H18N2/c1-11-2-4-13-5-3-12(7-14(13)6-11)8-15-9-16-10-17-15/h2,4,6-7,10,15H,3,5,8-9H2,1H3,(H,16,17)/t15-/m0/s1. The lowest BCUT2D eigenvalue weighted by Gasteiger charge is -2.19. The van der Waals surface area contributed by atoms with E-state index in [0.29, 0.717) is 6.04 Å². The summed E-state index contributed by atoms with van der Waals surface area (Å²) in [4.78, 5) is 4.23. The van der Waals surface area contributed by atoms with Crippen LogP contribution in [0.5, 0.6) is 0 Å². The van der Waals surface area contributed by atoms with Gasteiger partial charge >= 0.3 is 0 Å². The molecule has 2 heteroatoms. The zero-order chi connectivity index (χ0) is 11.7. The van der Waals surface area contributed by atoms with E-state index < -0.39 is 0 Å². The largest absolute Gasteiger partial charge is 0.372 e. The molecular weight excluding hydrogens is 208 g/mol. The Morgan fingerprint density at radius 1 is 1.35 bits per heavy atom. The summed E-state index contributed by atoms with van der Waals surface area (Å²) in [6, 6.07) is 7.30. The number of hydrogen-bond donors (Lipinski definition) is 1. The summed E-state index contributed by atoms with van der Waals surface area (Å²) in [6.07, 6.45) is 7.74. The van der Waals surface area contributed by atoms with Crippen molar-refractivity contribution in [3.05, 3.63) is 40.5 Å². The number of rotatable bonds is 2. The van der Waals surface area contributed by atoms with Gasteiger partial charge in [0.05, 0.1) is 18.9 Å². The Morgan fingerprint density at radius 3 is 3.12 bits per heavy atom. The van der Waals surface area contributed by atoms with E-state index in [4.69, 9.17) is 0 Å². The minimum Gasteiger partial charge on any atom is -0.372 e. The third kappa shape index (κ3) is 2.26. The highest BCUT2D eigenvalue weighted by atomic mass is 15.0. The predicted molar refractivity (Wildman–Crippen MR) is 72.4 cm³/mol. The van der Waals surface area contributed by atoms with Gasteiger partial charge in [-0.1, -0.05) is 35.4 Å². The maximum atomic E-state index is 4.23. The van der Waals surface area contributed by atoms with Gasteiger partial charge in [-0.25, -0.2) is 0 Å². The number of nitrogens with zero attached hydrogens (tertiary/aromatic N) is 1. The molecule has 88 valence electrons. The first-order valence-electron chi connectivity index (χ1n) is 6.34. The Morgan fingerprint density at radius 2 is 2.29 bits per heavy atom. The highest BCUT2D eigenvalue weighted by molar-refractivity contribution is 5.61. The molecule has 3 rings (SSSR count). The van der Waals surface area contributed by atoms with E-state index in [1.165, 1.54) is 29.5 Å². The number of fused-ring (bicyclic) bond motifs is 1. The van der Waals surface area contributed by atoms with E-state index >= 15 is 0 Å². The van der Waals surface area contributed by atoms with Crippen LogP contribution in [0.2, 0.25) is 0 Å². The molecule has 0 spiro atoms. The lowest BCUT2D eigenvalue weighted by Crippen LogP contribution is -2.25. The van der Waals surface area contributed by atoms with Crippen LogP contribution in [0.1, 0.15) is 29.5 Å². The summed E-state index contributed by atoms with van der Waals surface area (Å²) in [7, 11) is 0. The van der Waals surface area contributed by atoms with Crippen LogP contribution in [0, 0.1) is 6.92 Å². The molecule has 1 aliphatic carbocycles. The minimum absolute atomic E-state index is 0.521. The minimum atomic E-state index is 0.521. The molecule has 0 amide bonds. The van der Waals surface area contributed by atoms with Crippen molar-refractivity contribution in [3.63, 3.8) is 0 Å². The van der Waals surface area contributed by atoms with Gasteiger partial charge in [0.2, 0.25) is 0 Å². The highest BCUT2D eigenvalue weighted by Crippen LogP contribution is 2.27. The maximum absolute atomic E-state index is 4.23. The third-order valence-corrected chi connectivity index (χ3v) is 3.61. The van der Waals surface area contributed by atoms with Crippen molar-refractivity contribution in [1.82, 2.24) is 5.32 Å². The van der Waals surface area contributed by atoms with Crippen LogP contribution in [0.15, 0.2) is 28.8 Å². The van der Waals surface area contributed by atoms with Crippen LogP contribution in [-0.2, 0) is 6.42 Å². The van der Waals surface area contributed by atoms with Gasteiger partial charge in [0.25, 0.3) is 0 Å². The summed E-state index contributed by atoms with van der Waals surface area (Å²) in [5.74, 6) is 0. The Bertz CT molecular complexity index is 478. The van der Waals surface area contributed by atoms with E-state index in [-0.39, 0.29) is 0 Å². The molecule has 2 aliphatic rings. The number of aliphatic imine (C=N–C) groups is 1. The molecular formula is C15H18N2. The maximum Gasteiger partial charge on any atom is 0.0827 e. The fourth-order valence-corrected chi connectivity index (χ4v) is 2.66. The zero-order valence-electron chi connectivity index (χ0n) is 10.2. The zero-order valence-corrected chi connectivity index (χ0v) is 10.2. The SMILES string of the molecule is Cc1ccc2c(c1)C=C(C[C@H]1CN=CN1)CC2. The topological polar surface area (TPSA) is 24.4 Å². The van der Waals surface area contributed by atoms with E-state index in [2.05, 4.69) is 41.5 Å². The fraction of sp³-hybridized carbons (Fsp3) is 0.400. The molecule has 0 unspecified atom stereocenters. The lowest BCUT2D eigenvalue weighted by atomic mass is 9.88. The van der Waals surface area contributed by atoms with Gasteiger partial charge in [-0.05, 0) is 37.3 Å². The van der Waals surface area contributed by atoms with Crippen LogP contribution in [0.25, 0.3) is 6.08 Å². The van der Waals surface area contributed by atoms with Gasteiger partial charge in [0.15, 0.2) is 0 Å². The van der Waals surface area contributed by atoms with Crippen LogP contribution in [0.3, 0.4) is 0 Å². The normalized spacial score (nSPS) is 21.9. The molecule has 0 aromatic heterocycles. The molecule has 0 radical (unpaired) electrons. The molecule has 1 aromatic rings. The first kappa shape index (κ1) is 10.6. The Labute approximate surface area is 102 Å². The predicted octanol–water partition coefficient (Wildman–Crippen LogP) is 2.71. The summed E-state index contributed by atoms with van der Waals surface area (Å²) in [5, 5.41) is 3.31. The van der Waals surface area contributed by atoms with E-state index in [1.54, 1.807) is 5.57 Å². The molecule has 0 fully saturated rings. The van der Waals surface area contributed by atoms with Crippen molar-refractivity contribution in [3.8, 4) is 0 Å². The van der Waals surface area contributed by atoms with Gasteiger partial charge in [0, 0.05) is 0 Å². The summed E-state index contributed by atoms with van der Waals surface area (Å²) < 4.78 is 0. The van der Waals surface area contributed by atoms with Gasteiger partial charge in [0.1, 0.15) is 0 Å².